The first-order valence-corrected chi connectivity index (χ1v) is 9.18. The molecule has 0 radical (unpaired) electrons. The summed E-state index contributed by atoms with van der Waals surface area (Å²) in [6.07, 6.45) is 1.08. The van der Waals surface area contributed by atoms with Gasteiger partial charge >= 0.3 is 0 Å². The molecule has 0 saturated carbocycles. The number of ether oxygens (including phenoxy) is 1. The van der Waals surface area contributed by atoms with Crippen molar-refractivity contribution in [2.45, 2.75) is 26.6 Å². The van der Waals surface area contributed by atoms with E-state index in [4.69, 9.17) is 17.0 Å². The van der Waals surface area contributed by atoms with E-state index >= 15 is 0 Å². The number of aromatic amines is 1. The Bertz CT molecular complexity index is 871. The van der Waals surface area contributed by atoms with Crippen LogP contribution >= 0.6 is 12.2 Å². The average Bonchev–Trinajstić information content (AvgIpc) is 3.03. The smallest absolute Gasteiger partial charge is 0.217 e. The van der Waals surface area contributed by atoms with Crippen molar-refractivity contribution in [1.29, 1.82) is 0 Å². The van der Waals surface area contributed by atoms with Crippen LogP contribution < -0.4 is 4.74 Å². The van der Waals surface area contributed by atoms with Gasteiger partial charge in [-0.25, -0.2) is 4.68 Å². The molecule has 0 aliphatic carbocycles. The molecule has 26 heavy (non-hydrogen) atoms. The van der Waals surface area contributed by atoms with Gasteiger partial charge in [-0.2, -0.15) is 4.98 Å². The predicted octanol–water partition coefficient (Wildman–Crippen LogP) is 4.49. The van der Waals surface area contributed by atoms with Gasteiger partial charge in [0.1, 0.15) is 5.75 Å². The first-order chi connectivity index (χ1) is 12.7. The molecule has 3 aromatic rings. The van der Waals surface area contributed by atoms with Gasteiger partial charge < -0.3 is 4.74 Å². The number of rotatable bonds is 8. The van der Waals surface area contributed by atoms with Crippen molar-refractivity contribution in [2.24, 2.45) is 0 Å². The van der Waals surface area contributed by atoms with E-state index in [0.717, 1.165) is 36.6 Å². The largest absolute Gasteiger partial charge is 0.497 e. The lowest BCUT2D eigenvalue weighted by Gasteiger charge is -2.21. The van der Waals surface area contributed by atoms with E-state index in [1.807, 2.05) is 35.0 Å². The third kappa shape index (κ3) is 4.59. The predicted molar refractivity (Wildman–Crippen MR) is 107 cm³/mol. The van der Waals surface area contributed by atoms with Crippen LogP contribution in [0.15, 0.2) is 54.6 Å². The Hall–Kier alpha value is -2.44. The molecule has 1 aromatic heterocycles. The van der Waals surface area contributed by atoms with Crippen molar-refractivity contribution in [3.8, 4) is 17.1 Å². The summed E-state index contributed by atoms with van der Waals surface area (Å²) in [5, 5.41) is 3.33. The second-order valence-corrected chi connectivity index (χ2v) is 6.56. The van der Waals surface area contributed by atoms with Gasteiger partial charge in [0.25, 0.3) is 0 Å². The average molecular weight is 369 g/mol. The Balaban J connectivity index is 1.77. The standard InChI is InChI=1S/C20H24N4OS/c1-3-13-23(14-16-7-5-4-6-8-16)15-24-20(26)21-19(22-24)17-9-11-18(25-2)12-10-17/h4-12H,3,13-15H2,1-2H3,(H,21,22,26). The summed E-state index contributed by atoms with van der Waals surface area (Å²) in [5.41, 5.74) is 2.28. The minimum absolute atomic E-state index is 0.560. The van der Waals surface area contributed by atoms with Crippen molar-refractivity contribution in [3.63, 3.8) is 0 Å². The number of benzene rings is 2. The van der Waals surface area contributed by atoms with E-state index in [1.54, 1.807) is 7.11 Å². The maximum atomic E-state index is 5.46. The minimum Gasteiger partial charge on any atom is -0.497 e. The quantitative estimate of drug-likeness (QED) is 0.595. The zero-order valence-electron chi connectivity index (χ0n) is 15.2. The van der Waals surface area contributed by atoms with Crippen LogP contribution in [0.25, 0.3) is 11.4 Å². The molecule has 0 amide bonds. The molecule has 0 aliphatic heterocycles. The van der Waals surface area contributed by atoms with E-state index in [1.165, 1.54) is 5.56 Å². The van der Waals surface area contributed by atoms with Crippen molar-refractivity contribution in [3.05, 3.63) is 64.9 Å². The molecule has 0 fully saturated rings. The lowest BCUT2D eigenvalue weighted by Crippen LogP contribution is -2.27. The molecule has 0 unspecified atom stereocenters. The van der Waals surface area contributed by atoms with E-state index in [9.17, 15) is 0 Å². The summed E-state index contributed by atoms with van der Waals surface area (Å²) in [6, 6.07) is 18.3. The molecule has 0 spiro atoms. The number of H-pyrrole nitrogens is 1. The Morgan fingerprint density at radius 3 is 2.50 bits per heavy atom. The number of aromatic nitrogens is 3. The van der Waals surface area contributed by atoms with Crippen LogP contribution in [-0.2, 0) is 13.2 Å². The van der Waals surface area contributed by atoms with Gasteiger partial charge in [-0.15, -0.1) is 0 Å². The first kappa shape index (κ1) is 18.4. The second-order valence-electron chi connectivity index (χ2n) is 6.19. The highest BCUT2D eigenvalue weighted by atomic mass is 32.1. The number of nitrogens with one attached hydrogen (secondary N) is 1. The van der Waals surface area contributed by atoms with Gasteiger partial charge in [-0.3, -0.25) is 10.00 Å². The van der Waals surface area contributed by atoms with Crippen LogP contribution in [0.2, 0.25) is 0 Å². The highest BCUT2D eigenvalue weighted by Crippen LogP contribution is 2.19. The van der Waals surface area contributed by atoms with Crippen molar-refractivity contribution in [2.75, 3.05) is 13.7 Å². The van der Waals surface area contributed by atoms with Gasteiger partial charge in [0.15, 0.2) is 5.82 Å². The molecule has 0 saturated heterocycles. The van der Waals surface area contributed by atoms with Crippen molar-refractivity contribution < 1.29 is 4.74 Å². The van der Waals surface area contributed by atoms with Gasteiger partial charge in [0.2, 0.25) is 4.77 Å². The van der Waals surface area contributed by atoms with Crippen LogP contribution in [0, 0.1) is 4.77 Å². The third-order valence-electron chi connectivity index (χ3n) is 4.17. The Kier molecular flexibility index (Phi) is 6.20. The molecule has 1 N–H and O–H groups in total. The maximum absolute atomic E-state index is 5.46. The van der Waals surface area contributed by atoms with Crippen molar-refractivity contribution in [1.82, 2.24) is 19.7 Å². The summed E-state index contributed by atoms with van der Waals surface area (Å²) < 4.78 is 7.69. The summed E-state index contributed by atoms with van der Waals surface area (Å²) >= 11 is 5.46. The first-order valence-electron chi connectivity index (χ1n) is 8.77. The molecule has 2 aromatic carbocycles. The van der Waals surface area contributed by atoms with Gasteiger partial charge in [0.05, 0.1) is 13.8 Å². The molecule has 1 heterocycles. The monoisotopic (exact) mass is 368 g/mol. The maximum Gasteiger partial charge on any atom is 0.217 e. The molecular weight excluding hydrogens is 344 g/mol. The van der Waals surface area contributed by atoms with E-state index < -0.39 is 0 Å². The molecule has 3 rings (SSSR count). The fourth-order valence-electron chi connectivity index (χ4n) is 2.89. The molecule has 0 aliphatic rings. The van der Waals surface area contributed by atoms with Gasteiger partial charge in [-0.05, 0) is 55.0 Å². The molecule has 5 nitrogen and oxygen atoms in total. The lowest BCUT2D eigenvalue weighted by molar-refractivity contribution is 0.197. The molecule has 0 atom stereocenters. The van der Waals surface area contributed by atoms with E-state index in [2.05, 4.69) is 46.2 Å². The van der Waals surface area contributed by atoms with E-state index in [0.29, 0.717) is 11.4 Å². The SMILES string of the molecule is CCCN(Cc1ccccc1)Cn1[nH]c(-c2ccc(OC)cc2)nc1=S. The number of hydrogen-bond acceptors (Lipinski definition) is 4. The number of methoxy groups -OCH3 is 1. The Morgan fingerprint density at radius 2 is 1.85 bits per heavy atom. The highest BCUT2D eigenvalue weighted by molar-refractivity contribution is 7.71. The van der Waals surface area contributed by atoms with Crippen LogP contribution in [0.1, 0.15) is 18.9 Å². The minimum atomic E-state index is 0.560. The molecular formula is C20H24N4OS. The van der Waals surface area contributed by atoms with Crippen LogP contribution in [0.3, 0.4) is 0 Å². The Morgan fingerprint density at radius 1 is 1.12 bits per heavy atom. The lowest BCUT2D eigenvalue weighted by atomic mass is 10.2. The topological polar surface area (TPSA) is 46.1 Å². The number of hydrogen-bond donors (Lipinski definition) is 1. The zero-order valence-corrected chi connectivity index (χ0v) is 16.0. The summed E-state index contributed by atoms with van der Waals surface area (Å²) in [5.74, 6) is 1.59. The van der Waals surface area contributed by atoms with Crippen LogP contribution in [-0.4, -0.2) is 33.3 Å². The van der Waals surface area contributed by atoms with Crippen LogP contribution in [0.5, 0.6) is 5.75 Å². The van der Waals surface area contributed by atoms with Gasteiger partial charge in [-0.1, -0.05) is 37.3 Å². The van der Waals surface area contributed by atoms with Gasteiger partial charge in [0, 0.05) is 12.1 Å². The summed E-state index contributed by atoms with van der Waals surface area (Å²) in [4.78, 5) is 6.87. The fraction of sp³-hybridized carbons (Fsp3) is 0.300. The van der Waals surface area contributed by atoms with Crippen molar-refractivity contribution >= 4 is 12.2 Å². The van der Waals surface area contributed by atoms with E-state index in [-0.39, 0.29) is 0 Å². The summed E-state index contributed by atoms with van der Waals surface area (Å²) in [6.45, 7) is 4.75. The zero-order chi connectivity index (χ0) is 18.4. The normalized spacial score (nSPS) is 11.0. The molecule has 6 heteroatoms. The fourth-order valence-corrected chi connectivity index (χ4v) is 3.08. The van der Waals surface area contributed by atoms with Crippen LogP contribution in [0.4, 0.5) is 0 Å². The molecule has 0 bridgehead atoms. The second kappa shape index (κ2) is 8.78. The summed E-state index contributed by atoms with van der Waals surface area (Å²) in [7, 11) is 1.66. The third-order valence-corrected chi connectivity index (χ3v) is 4.48. The Labute approximate surface area is 159 Å². The molecule has 136 valence electrons. The highest BCUT2D eigenvalue weighted by Gasteiger charge is 2.10. The number of nitrogens with zero attached hydrogens (tertiary/aromatic N) is 3.